The predicted molar refractivity (Wildman–Crippen MR) is 117 cm³/mol. The molecule has 2 aromatic heterocycles. The maximum atomic E-state index is 13.0. The molecule has 3 heterocycles. The van der Waals surface area contributed by atoms with Crippen LogP contribution in [-0.4, -0.2) is 52.5 Å². The smallest absolute Gasteiger partial charge is 0.258 e. The number of hydrogen-bond acceptors (Lipinski definition) is 6. The Bertz CT molecular complexity index is 1050. The number of nitrogens with zero attached hydrogens (tertiary/aromatic N) is 3. The fourth-order valence-corrected chi connectivity index (χ4v) is 4.12. The van der Waals surface area contributed by atoms with Gasteiger partial charge in [0.25, 0.3) is 5.91 Å². The zero-order chi connectivity index (χ0) is 21.1. The van der Waals surface area contributed by atoms with E-state index in [2.05, 4.69) is 10.3 Å². The number of carbonyl (C=O) groups excluding carboxylic acids is 2. The van der Waals surface area contributed by atoms with Gasteiger partial charge in [-0.2, -0.15) is 0 Å². The van der Waals surface area contributed by atoms with Crippen LogP contribution in [-0.2, 0) is 9.53 Å². The van der Waals surface area contributed by atoms with Gasteiger partial charge in [-0.25, -0.2) is 4.98 Å². The molecule has 0 aliphatic carbocycles. The second-order valence-electron chi connectivity index (χ2n) is 7.59. The standard InChI is InChI=1S/C22H24N4O3S/c1-14(2)29-13-20(27)26-9-7-15(12-26)19-11-17(16-5-3-4-6-18(16)24-19)21(28)25-22-23-8-10-30-22/h3-6,8,10-11,14-15H,7,9,12-13H2,1-2H3,(H,23,25,28)/t15-/m1/s1. The lowest BCUT2D eigenvalue weighted by molar-refractivity contribution is -0.136. The van der Waals surface area contributed by atoms with Crippen molar-refractivity contribution in [3.63, 3.8) is 0 Å². The SMILES string of the molecule is CC(C)OCC(=O)N1CC[C@@H](c2cc(C(=O)Nc3nccs3)c3ccccc3n2)C1. The van der Waals surface area contributed by atoms with Crippen LogP contribution in [0.5, 0.6) is 0 Å². The number of likely N-dealkylation sites (tertiary alicyclic amines) is 1. The molecule has 3 aromatic rings. The quantitative estimate of drug-likeness (QED) is 0.652. The molecule has 1 aliphatic rings. The number of carbonyl (C=O) groups is 2. The lowest BCUT2D eigenvalue weighted by Crippen LogP contribution is -2.32. The predicted octanol–water partition coefficient (Wildman–Crippen LogP) is 3.68. The lowest BCUT2D eigenvalue weighted by Gasteiger charge is -2.18. The van der Waals surface area contributed by atoms with Crippen molar-refractivity contribution in [3.8, 4) is 0 Å². The summed E-state index contributed by atoms with van der Waals surface area (Å²) in [6.45, 7) is 5.17. The molecule has 7 nitrogen and oxygen atoms in total. The molecule has 0 saturated carbocycles. The van der Waals surface area contributed by atoms with E-state index in [0.29, 0.717) is 23.8 Å². The first-order chi connectivity index (χ1) is 14.5. The molecule has 1 saturated heterocycles. The van der Waals surface area contributed by atoms with Crippen LogP contribution in [0, 0.1) is 0 Å². The van der Waals surface area contributed by atoms with Crippen LogP contribution in [0.2, 0.25) is 0 Å². The van der Waals surface area contributed by atoms with Crippen LogP contribution >= 0.6 is 11.3 Å². The van der Waals surface area contributed by atoms with Gasteiger partial charge in [0, 0.05) is 41.7 Å². The van der Waals surface area contributed by atoms with E-state index in [9.17, 15) is 9.59 Å². The van der Waals surface area contributed by atoms with Crippen molar-refractivity contribution in [2.24, 2.45) is 0 Å². The summed E-state index contributed by atoms with van der Waals surface area (Å²) in [6.07, 6.45) is 2.49. The molecule has 0 radical (unpaired) electrons. The van der Waals surface area contributed by atoms with E-state index < -0.39 is 0 Å². The van der Waals surface area contributed by atoms with E-state index in [0.717, 1.165) is 23.0 Å². The highest BCUT2D eigenvalue weighted by atomic mass is 32.1. The fraction of sp³-hybridized carbons (Fsp3) is 0.364. The van der Waals surface area contributed by atoms with Gasteiger partial charge < -0.3 is 9.64 Å². The molecule has 4 rings (SSSR count). The Labute approximate surface area is 179 Å². The van der Waals surface area contributed by atoms with Crippen molar-refractivity contribution < 1.29 is 14.3 Å². The number of nitrogens with one attached hydrogen (secondary N) is 1. The maximum Gasteiger partial charge on any atom is 0.258 e. The third kappa shape index (κ3) is 4.49. The normalized spacial score (nSPS) is 16.4. The van der Waals surface area contributed by atoms with Gasteiger partial charge in [-0.1, -0.05) is 18.2 Å². The summed E-state index contributed by atoms with van der Waals surface area (Å²) in [6, 6.07) is 9.47. The van der Waals surface area contributed by atoms with Crippen LogP contribution in [0.3, 0.4) is 0 Å². The number of hydrogen-bond donors (Lipinski definition) is 1. The molecule has 30 heavy (non-hydrogen) atoms. The molecule has 0 spiro atoms. The summed E-state index contributed by atoms with van der Waals surface area (Å²) in [5.41, 5.74) is 2.17. The average Bonchev–Trinajstić information content (AvgIpc) is 3.43. The Morgan fingerprint density at radius 2 is 2.17 bits per heavy atom. The van der Waals surface area contributed by atoms with Gasteiger partial charge in [0.15, 0.2) is 5.13 Å². The molecule has 8 heteroatoms. The van der Waals surface area contributed by atoms with Crippen molar-refractivity contribution in [2.75, 3.05) is 25.0 Å². The number of ether oxygens (including phenoxy) is 1. The highest BCUT2D eigenvalue weighted by molar-refractivity contribution is 7.13. The Hall–Kier alpha value is -2.84. The van der Waals surface area contributed by atoms with E-state index >= 15 is 0 Å². The third-order valence-electron chi connectivity index (χ3n) is 5.13. The van der Waals surface area contributed by atoms with Gasteiger partial charge in [-0.05, 0) is 32.4 Å². The van der Waals surface area contributed by atoms with Crippen LogP contribution in [0.4, 0.5) is 5.13 Å². The topological polar surface area (TPSA) is 84.4 Å². The number of fused-ring (bicyclic) bond motifs is 1. The molecule has 1 aromatic carbocycles. The summed E-state index contributed by atoms with van der Waals surface area (Å²) in [7, 11) is 0. The van der Waals surface area contributed by atoms with E-state index in [4.69, 9.17) is 9.72 Å². The monoisotopic (exact) mass is 424 g/mol. The fourth-order valence-electron chi connectivity index (χ4n) is 3.60. The number of para-hydroxylation sites is 1. The first-order valence-corrected chi connectivity index (χ1v) is 10.9. The molecule has 1 atom stereocenters. The Balaban J connectivity index is 1.58. The van der Waals surface area contributed by atoms with E-state index in [-0.39, 0.29) is 30.4 Å². The molecule has 1 aliphatic heterocycles. The van der Waals surface area contributed by atoms with E-state index in [1.165, 1.54) is 11.3 Å². The molecule has 0 unspecified atom stereocenters. The highest BCUT2D eigenvalue weighted by Gasteiger charge is 2.29. The summed E-state index contributed by atoms with van der Waals surface area (Å²) < 4.78 is 5.45. The molecular formula is C22H24N4O3S. The first kappa shape index (κ1) is 20.4. The van der Waals surface area contributed by atoms with Gasteiger partial charge >= 0.3 is 0 Å². The van der Waals surface area contributed by atoms with Crippen LogP contribution in [0.25, 0.3) is 10.9 Å². The Kier molecular flexibility index (Phi) is 6.06. The second kappa shape index (κ2) is 8.89. The van der Waals surface area contributed by atoms with Crippen LogP contribution in [0.1, 0.15) is 42.2 Å². The van der Waals surface area contributed by atoms with Gasteiger partial charge in [0.2, 0.25) is 5.91 Å². The Morgan fingerprint density at radius 1 is 1.33 bits per heavy atom. The zero-order valence-electron chi connectivity index (χ0n) is 17.0. The van der Waals surface area contributed by atoms with Crippen LogP contribution < -0.4 is 5.32 Å². The van der Waals surface area contributed by atoms with Gasteiger partial charge in [0.05, 0.1) is 17.2 Å². The maximum absolute atomic E-state index is 13.0. The van der Waals surface area contributed by atoms with Gasteiger partial charge in [-0.3, -0.25) is 19.9 Å². The Morgan fingerprint density at radius 3 is 2.93 bits per heavy atom. The molecule has 0 bridgehead atoms. The number of rotatable bonds is 6. The molecule has 1 N–H and O–H groups in total. The third-order valence-corrected chi connectivity index (χ3v) is 5.82. The highest BCUT2D eigenvalue weighted by Crippen LogP contribution is 2.30. The first-order valence-electron chi connectivity index (χ1n) is 10.0. The van der Waals surface area contributed by atoms with E-state index in [1.54, 1.807) is 6.20 Å². The van der Waals surface area contributed by atoms with Gasteiger partial charge in [0.1, 0.15) is 6.61 Å². The van der Waals surface area contributed by atoms with Crippen molar-refractivity contribution in [2.45, 2.75) is 32.3 Å². The van der Waals surface area contributed by atoms with Crippen molar-refractivity contribution in [3.05, 3.63) is 53.2 Å². The number of amides is 2. The number of benzene rings is 1. The summed E-state index contributed by atoms with van der Waals surface area (Å²) in [5, 5.41) is 6.04. The molecule has 1 fully saturated rings. The zero-order valence-corrected chi connectivity index (χ0v) is 17.8. The van der Waals surface area contributed by atoms with Crippen molar-refractivity contribution >= 4 is 39.2 Å². The van der Waals surface area contributed by atoms with E-state index in [1.807, 2.05) is 54.5 Å². The van der Waals surface area contributed by atoms with Crippen molar-refractivity contribution in [1.29, 1.82) is 0 Å². The summed E-state index contributed by atoms with van der Waals surface area (Å²) in [5.74, 6) is -0.126. The molecular weight excluding hydrogens is 400 g/mol. The minimum Gasteiger partial charge on any atom is -0.369 e. The number of aromatic nitrogens is 2. The number of pyridine rings is 1. The lowest BCUT2D eigenvalue weighted by atomic mass is 9.99. The molecule has 2 amide bonds. The largest absolute Gasteiger partial charge is 0.369 e. The minimum atomic E-state index is -0.207. The number of anilines is 1. The van der Waals surface area contributed by atoms with Crippen molar-refractivity contribution in [1.82, 2.24) is 14.9 Å². The summed E-state index contributed by atoms with van der Waals surface area (Å²) in [4.78, 5) is 36.1. The average molecular weight is 425 g/mol. The van der Waals surface area contributed by atoms with Crippen LogP contribution in [0.15, 0.2) is 41.9 Å². The number of thiazole rings is 1. The van der Waals surface area contributed by atoms with Gasteiger partial charge in [-0.15, -0.1) is 11.3 Å². The minimum absolute atomic E-state index is 0.00581. The second-order valence-corrected chi connectivity index (χ2v) is 8.48. The molecule has 156 valence electrons. The summed E-state index contributed by atoms with van der Waals surface area (Å²) >= 11 is 1.38.